The molecule has 94 valence electrons. The third kappa shape index (κ3) is 3.05. The fourth-order valence-electron chi connectivity index (χ4n) is 1.69. The summed E-state index contributed by atoms with van der Waals surface area (Å²) in [6.45, 7) is 3.53. The van der Waals surface area contributed by atoms with E-state index in [1.165, 1.54) is 0 Å². The summed E-state index contributed by atoms with van der Waals surface area (Å²) in [6, 6.07) is 9.98. The average molecular weight is 242 g/mol. The Morgan fingerprint density at radius 1 is 1.22 bits per heavy atom. The van der Waals surface area contributed by atoms with Gasteiger partial charge < -0.3 is 11.1 Å². The van der Waals surface area contributed by atoms with E-state index in [1.807, 2.05) is 43.5 Å². The van der Waals surface area contributed by atoms with Gasteiger partial charge in [-0.25, -0.2) is 9.97 Å². The zero-order valence-electron chi connectivity index (χ0n) is 10.6. The van der Waals surface area contributed by atoms with E-state index in [4.69, 9.17) is 5.73 Å². The van der Waals surface area contributed by atoms with Crippen molar-refractivity contribution >= 4 is 5.69 Å². The smallest absolute Gasteiger partial charge is 0.159 e. The van der Waals surface area contributed by atoms with Crippen LogP contribution in [0.15, 0.2) is 36.5 Å². The highest BCUT2D eigenvalue weighted by molar-refractivity contribution is 5.57. The fraction of sp³-hybridized carbons (Fsp3) is 0.286. The number of hydrogen-bond donors (Lipinski definition) is 2. The van der Waals surface area contributed by atoms with Crippen molar-refractivity contribution in [3.63, 3.8) is 0 Å². The molecule has 0 aliphatic heterocycles. The molecule has 0 aliphatic carbocycles. The number of aromatic nitrogens is 2. The van der Waals surface area contributed by atoms with E-state index in [0.717, 1.165) is 35.7 Å². The van der Waals surface area contributed by atoms with Crippen molar-refractivity contribution in [2.75, 3.05) is 18.4 Å². The molecule has 2 rings (SSSR count). The number of nitrogens with one attached hydrogen (secondary N) is 1. The SMILES string of the molecule is Cc1nc(-c2ccccc2)ncc1NCCCN. The maximum atomic E-state index is 5.46. The van der Waals surface area contributed by atoms with Gasteiger partial charge in [-0.3, -0.25) is 0 Å². The number of benzene rings is 1. The first-order valence-electron chi connectivity index (χ1n) is 6.14. The molecule has 1 aromatic heterocycles. The molecule has 0 radical (unpaired) electrons. The fourth-order valence-corrected chi connectivity index (χ4v) is 1.69. The zero-order chi connectivity index (χ0) is 12.8. The van der Waals surface area contributed by atoms with Crippen LogP contribution < -0.4 is 11.1 Å². The van der Waals surface area contributed by atoms with Gasteiger partial charge in [0.1, 0.15) is 0 Å². The third-order valence-corrected chi connectivity index (χ3v) is 2.71. The van der Waals surface area contributed by atoms with Crippen LogP contribution in [-0.4, -0.2) is 23.1 Å². The summed E-state index contributed by atoms with van der Waals surface area (Å²) >= 11 is 0. The molecular formula is C14H18N4. The van der Waals surface area contributed by atoms with Crippen molar-refractivity contribution in [2.45, 2.75) is 13.3 Å². The van der Waals surface area contributed by atoms with Gasteiger partial charge in [0, 0.05) is 12.1 Å². The van der Waals surface area contributed by atoms with Crippen LogP contribution in [0.1, 0.15) is 12.1 Å². The molecule has 1 heterocycles. The van der Waals surface area contributed by atoms with Crippen LogP contribution in [-0.2, 0) is 0 Å². The predicted octanol–water partition coefficient (Wildman–Crippen LogP) is 2.21. The lowest BCUT2D eigenvalue weighted by molar-refractivity contribution is 0.870. The molecule has 0 bridgehead atoms. The van der Waals surface area contributed by atoms with Crippen molar-refractivity contribution in [3.05, 3.63) is 42.2 Å². The highest BCUT2D eigenvalue weighted by atomic mass is 15.0. The van der Waals surface area contributed by atoms with Gasteiger partial charge in [0.15, 0.2) is 5.82 Å². The number of anilines is 1. The molecule has 0 atom stereocenters. The second kappa shape index (κ2) is 6.12. The van der Waals surface area contributed by atoms with E-state index in [2.05, 4.69) is 15.3 Å². The first kappa shape index (κ1) is 12.5. The van der Waals surface area contributed by atoms with Gasteiger partial charge in [-0.05, 0) is 19.9 Å². The summed E-state index contributed by atoms with van der Waals surface area (Å²) < 4.78 is 0. The molecular weight excluding hydrogens is 224 g/mol. The number of hydrogen-bond acceptors (Lipinski definition) is 4. The van der Waals surface area contributed by atoms with E-state index in [0.29, 0.717) is 6.54 Å². The van der Waals surface area contributed by atoms with E-state index in [-0.39, 0.29) is 0 Å². The standard InChI is InChI=1S/C14H18N4/c1-11-13(16-9-5-8-15)10-17-14(18-11)12-6-3-2-4-7-12/h2-4,6-7,10,16H,5,8-9,15H2,1H3. The Hall–Kier alpha value is -1.94. The lowest BCUT2D eigenvalue weighted by atomic mass is 10.2. The summed E-state index contributed by atoms with van der Waals surface area (Å²) in [7, 11) is 0. The van der Waals surface area contributed by atoms with Crippen LogP contribution in [0, 0.1) is 6.92 Å². The second-order valence-corrected chi connectivity index (χ2v) is 4.13. The molecule has 0 fully saturated rings. The van der Waals surface area contributed by atoms with Crippen LogP contribution in [0.2, 0.25) is 0 Å². The third-order valence-electron chi connectivity index (χ3n) is 2.71. The van der Waals surface area contributed by atoms with Crippen molar-refractivity contribution < 1.29 is 0 Å². The minimum atomic E-state index is 0.689. The van der Waals surface area contributed by atoms with Crippen molar-refractivity contribution in [2.24, 2.45) is 5.73 Å². The van der Waals surface area contributed by atoms with Gasteiger partial charge in [-0.15, -0.1) is 0 Å². The van der Waals surface area contributed by atoms with Crippen LogP contribution >= 0.6 is 0 Å². The summed E-state index contributed by atoms with van der Waals surface area (Å²) in [5.74, 6) is 0.762. The first-order valence-corrected chi connectivity index (χ1v) is 6.14. The van der Waals surface area contributed by atoms with Crippen molar-refractivity contribution in [1.29, 1.82) is 0 Å². The molecule has 18 heavy (non-hydrogen) atoms. The molecule has 1 aromatic carbocycles. The Bertz CT molecular complexity index is 496. The van der Waals surface area contributed by atoms with Crippen LogP contribution in [0.5, 0.6) is 0 Å². The van der Waals surface area contributed by atoms with E-state index in [1.54, 1.807) is 0 Å². The molecule has 0 spiro atoms. The lowest BCUT2D eigenvalue weighted by Gasteiger charge is -2.09. The number of rotatable bonds is 5. The summed E-state index contributed by atoms with van der Waals surface area (Å²) in [5.41, 5.74) is 8.43. The molecule has 0 saturated carbocycles. The molecule has 4 heteroatoms. The van der Waals surface area contributed by atoms with Gasteiger partial charge in [-0.2, -0.15) is 0 Å². The van der Waals surface area contributed by atoms with Gasteiger partial charge in [0.25, 0.3) is 0 Å². The van der Waals surface area contributed by atoms with Gasteiger partial charge >= 0.3 is 0 Å². The first-order chi connectivity index (χ1) is 8.81. The number of nitrogens with zero attached hydrogens (tertiary/aromatic N) is 2. The Morgan fingerprint density at radius 3 is 2.67 bits per heavy atom. The van der Waals surface area contributed by atoms with Crippen LogP contribution in [0.25, 0.3) is 11.4 Å². The molecule has 3 N–H and O–H groups in total. The quantitative estimate of drug-likeness (QED) is 0.789. The summed E-state index contributed by atoms with van der Waals surface area (Å²) in [4.78, 5) is 8.90. The minimum Gasteiger partial charge on any atom is -0.382 e. The molecule has 0 unspecified atom stereocenters. The van der Waals surface area contributed by atoms with Crippen LogP contribution in [0.3, 0.4) is 0 Å². The highest BCUT2D eigenvalue weighted by Crippen LogP contribution is 2.18. The van der Waals surface area contributed by atoms with Gasteiger partial charge in [-0.1, -0.05) is 30.3 Å². The van der Waals surface area contributed by atoms with Gasteiger partial charge in [0.2, 0.25) is 0 Å². The summed E-state index contributed by atoms with van der Waals surface area (Å²) in [5, 5.41) is 3.29. The maximum Gasteiger partial charge on any atom is 0.159 e. The van der Waals surface area contributed by atoms with Crippen molar-refractivity contribution in [1.82, 2.24) is 9.97 Å². The minimum absolute atomic E-state index is 0.689. The molecule has 0 aliphatic rings. The normalized spacial score (nSPS) is 10.3. The zero-order valence-corrected chi connectivity index (χ0v) is 10.6. The topological polar surface area (TPSA) is 63.8 Å². The molecule has 2 aromatic rings. The van der Waals surface area contributed by atoms with Crippen molar-refractivity contribution in [3.8, 4) is 11.4 Å². The highest BCUT2D eigenvalue weighted by Gasteiger charge is 2.04. The molecule has 4 nitrogen and oxygen atoms in total. The Morgan fingerprint density at radius 2 is 2.00 bits per heavy atom. The Balaban J connectivity index is 2.15. The predicted molar refractivity (Wildman–Crippen MR) is 74.4 cm³/mol. The van der Waals surface area contributed by atoms with Gasteiger partial charge in [0.05, 0.1) is 17.6 Å². The van der Waals surface area contributed by atoms with Crippen LogP contribution in [0.4, 0.5) is 5.69 Å². The average Bonchev–Trinajstić information content (AvgIpc) is 2.42. The van der Waals surface area contributed by atoms with E-state index < -0.39 is 0 Å². The Labute approximate surface area is 107 Å². The molecule has 0 amide bonds. The monoisotopic (exact) mass is 242 g/mol. The summed E-state index contributed by atoms with van der Waals surface area (Å²) in [6.07, 6.45) is 2.78. The number of aryl methyl sites for hydroxylation is 1. The lowest BCUT2D eigenvalue weighted by Crippen LogP contribution is -2.10. The number of nitrogens with two attached hydrogens (primary N) is 1. The largest absolute Gasteiger partial charge is 0.382 e. The van der Waals surface area contributed by atoms with E-state index >= 15 is 0 Å². The maximum absolute atomic E-state index is 5.46. The Kier molecular flexibility index (Phi) is 4.25. The molecule has 0 saturated heterocycles. The second-order valence-electron chi connectivity index (χ2n) is 4.13. The van der Waals surface area contributed by atoms with E-state index in [9.17, 15) is 0 Å².